The number of hydrogen-bond donors (Lipinski definition) is 1. The summed E-state index contributed by atoms with van der Waals surface area (Å²) in [5.41, 5.74) is 0.436. The number of piperazine rings is 1. The quantitative estimate of drug-likeness (QED) is 0.825. The molecule has 2 heterocycles. The summed E-state index contributed by atoms with van der Waals surface area (Å²) in [4.78, 5) is 14.1. The largest absolute Gasteiger partial charge is 0.486 e. The van der Waals surface area contributed by atoms with E-state index in [2.05, 4.69) is 10.2 Å². The van der Waals surface area contributed by atoms with Crippen LogP contribution in [0.2, 0.25) is 0 Å². The molecule has 0 spiro atoms. The lowest BCUT2D eigenvalue weighted by atomic mass is 9.98. The number of hydrogen-bond acceptors (Lipinski definition) is 4. The van der Waals surface area contributed by atoms with Crippen molar-refractivity contribution in [3.63, 3.8) is 0 Å². The highest BCUT2D eigenvalue weighted by molar-refractivity contribution is 5.90. The van der Waals surface area contributed by atoms with Gasteiger partial charge in [-0.05, 0) is 26.0 Å². The normalized spacial score (nSPS) is 20.9. The molecule has 2 aliphatic heterocycles. The van der Waals surface area contributed by atoms with Gasteiger partial charge in [0.15, 0.2) is 11.5 Å². The van der Waals surface area contributed by atoms with Gasteiger partial charge < -0.3 is 19.7 Å². The average molecular weight is 262 g/mol. The lowest BCUT2D eigenvalue weighted by Crippen LogP contribution is -2.62. The van der Waals surface area contributed by atoms with Crippen molar-refractivity contribution in [1.29, 1.82) is 0 Å². The molecule has 1 aromatic rings. The molecule has 0 aliphatic carbocycles. The van der Waals surface area contributed by atoms with Crippen molar-refractivity contribution in [2.75, 3.05) is 31.2 Å². The molecule has 0 bridgehead atoms. The van der Waals surface area contributed by atoms with Gasteiger partial charge in [0.1, 0.15) is 18.8 Å². The standard InChI is InChI=1S/C14H18N2O3/c1-14(2)13(17)15-5-6-16(14)10-3-4-11-12(9-10)19-8-7-18-11/h3-4,9H,5-8H2,1-2H3,(H,15,17). The molecule has 1 N–H and O–H groups in total. The minimum Gasteiger partial charge on any atom is -0.486 e. The molecular weight excluding hydrogens is 244 g/mol. The molecule has 1 saturated heterocycles. The maximum Gasteiger partial charge on any atom is 0.245 e. The molecule has 19 heavy (non-hydrogen) atoms. The van der Waals surface area contributed by atoms with Crippen molar-refractivity contribution in [3.05, 3.63) is 18.2 Å². The molecule has 1 fully saturated rings. The third-order valence-electron chi connectivity index (χ3n) is 3.69. The maximum absolute atomic E-state index is 12.0. The summed E-state index contributed by atoms with van der Waals surface area (Å²) >= 11 is 0. The molecule has 102 valence electrons. The Hall–Kier alpha value is -1.91. The van der Waals surface area contributed by atoms with E-state index < -0.39 is 5.54 Å². The molecule has 2 aliphatic rings. The Morgan fingerprint density at radius 2 is 1.95 bits per heavy atom. The first kappa shape index (κ1) is 12.1. The fraction of sp³-hybridized carbons (Fsp3) is 0.500. The topological polar surface area (TPSA) is 50.8 Å². The van der Waals surface area contributed by atoms with E-state index >= 15 is 0 Å². The average Bonchev–Trinajstić information content (AvgIpc) is 2.41. The molecule has 5 heteroatoms. The molecule has 1 aromatic carbocycles. The fourth-order valence-electron chi connectivity index (χ4n) is 2.55. The molecule has 1 amide bonds. The molecule has 0 unspecified atom stereocenters. The maximum atomic E-state index is 12.0. The Bertz CT molecular complexity index is 513. The van der Waals surface area contributed by atoms with Gasteiger partial charge in [-0.25, -0.2) is 0 Å². The first-order chi connectivity index (χ1) is 9.09. The van der Waals surface area contributed by atoms with Crippen LogP contribution in [0.3, 0.4) is 0 Å². The summed E-state index contributed by atoms with van der Waals surface area (Å²) in [6, 6.07) is 5.84. The number of anilines is 1. The molecule has 0 aromatic heterocycles. The van der Waals surface area contributed by atoms with Gasteiger partial charge in [-0.2, -0.15) is 0 Å². The van der Waals surface area contributed by atoms with Crippen molar-refractivity contribution in [2.24, 2.45) is 0 Å². The minimum absolute atomic E-state index is 0.0497. The molecular formula is C14H18N2O3. The number of benzene rings is 1. The van der Waals surface area contributed by atoms with Crippen LogP contribution in [0, 0.1) is 0 Å². The van der Waals surface area contributed by atoms with E-state index in [1.165, 1.54) is 0 Å². The third-order valence-corrected chi connectivity index (χ3v) is 3.69. The second-order valence-corrected chi connectivity index (χ2v) is 5.29. The van der Waals surface area contributed by atoms with Crippen LogP contribution in [0.1, 0.15) is 13.8 Å². The van der Waals surface area contributed by atoms with E-state index in [-0.39, 0.29) is 5.91 Å². The minimum atomic E-state index is -0.554. The smallest absolute Gasteiger partial charge is 0.245 e. The molecule has 0 atom stereocenters. The summed E-state index contributed by atoms with van der Waals surface area (Å²) in [7, 11) is 0. The van der Waals surface area contributed by atoms with Gasteiger partial charge in [-0.1, -0.05) is 0 Å². The number of ether oxygens (including phenoxy) is 2. The van der Waals surface area contributed by atoms with Crippen LogP contribution in [0.15, 0.2) is 18.2 Å². The second-order valence-electron chi connectivity index (χ2n) is 5.29. The van der Waals surface area contributed by atoms with E-state index in [1.54, 1.807) is 0 Å². The van der Waals surface area contributed by atoms with Gasteiger partial charge in [-0.3, -0.25) is 4.79 Å². The number of carbonyl (C=O) groups excluding carboxylic acids is 1. The molecule has 5 nitrogen and oxygen atoms in total. The fourth-order valence-corrected chi connectivity index (χ4v) is 2.55. The molecule has 0 saturated carbocycles. The first-order valence-corrected chi connectivity index (χ1v) is 6.54. The summed E-state index contributed by atoms with van der Waals surface area (Å²) in [5.74, 6) is 1.58. The van der Waals surface area contributed by atoms with Gasteiger partial charge in [0, 0.05) is 24.8 Å². The van der Waals surface area contributed by atoms with E-state index in [0.717, 1.165) is 23.7 Å². The number of nitrogens with zero attached hydrogens (tertiary/aromatic N) is 1. The summed E-state index contributed by atoms with van der Waals surface area (Å²) in [5, 5.41) is 2.90. The predicted molar refractivity (Wildman–Crippen MR) is 71.9 cm³/mol. The zero-order valence-electron chi connectivity index (χ0n) is 11.2. The lowest BCUT2D eigenvalue weighted by Gasteiger charge is -2.43. The predicted octanol–water partition coefficient (Wildman–Crippen LogP) is 1.17. The van der Waals surface area contributed by atoms with Crippen LogP contribution in [0.5, 0.6) is 11.5 Å². The third kappa shape index (κ3) is 1.99. The van der Waals surface area contributed by atoms with E-state index in [1.807, 2.05) is 32.0 Å². The van der Waals surface area contributed by atoms with Crippen LogP contribution in [0.25, 0.3) is 0 Å². The van der Waals surface area contributed by atoms with E-state index in [0.29, 0.717) is 19.8 Å². The summed E-state index contributed by atoms with van der Waals surface area (Å²) < 4.78 is 11.1. The number of rotatable bonds is 1. The monoisotopic (exact) mass is 262 g/mol. The van der Waals surface area contributed by atoms with Crippen LogP contribution in [-0.4, -0.2) is 37.7 Å². The van der Waals surface area contributed by atoms with Crippen LogP contribution in [-0.2, 0) is 4.79 Å². The Morgan fingerprint density at radius 3 is 2.74 bits per heavy atom. The lowest BCUT2D eigenvalue weighted by molar-refractivity contribution is -0.126. The zero-order chi connectivity index (χ0) is 13.5. The Kier molecular flexibility index (Phi) is 2.77. The number of amides is 1. The highest BCUT2D eigenvalue weighted by atomic mass is 16.6. The van der Waals surface area contributed by atoms with E-state index in [9.17, 15) is 4.79 Å². The Labute approximate surface area is 112 Å². The number of carbonyl (C=O) groups is 1. The van der Waals surface area contributed by atoms with Crippen molar-refractivity contribution in [1.82, 2.24) is 5.32 Å². The van der Waals surface area contributed by atoms with Gasteiger partial charge in [0.25, 0.3) is 0 Å². The van der Waals surface area contributed by atoms with Crippen LogP contribution >= 0.6 is 0 Å². The van der Waals surface area contributed by atoms with Gasteiger partial charge in [-0.15, -0.1) is 0 Å². The zero-order valence-corrected chi connectivity index (χ0v) is 11.2. The van der Waals surface area contributed by atoms with Crippen LogP contribution < -0.4 is 19.7 Å². The van der Waals surface area contributed by atoms with Crippen molar-refractivity contribution >= 4 is 11.6 Å². The first-order valence-electron chi connectivity index (χ1n) is 6.54. The summed E-state index contributed by atoms with van der Waals surface area (Å²) in [6.45, 7) is 6.47. The Balaban J connectivity index is 1.95. The van der Waals surface area contributed by atoms with Crippen molar-refractivity contribution in [3.8, 4) is 11.5 Å². The van der Waals surface area contributed by atoms with Gasteiger partial charge >= 0.3 is 0 Å². The Morgan fingerprint density at radius 1 is 1.21 bits per heavy atom. The van der Waals surface area contributed by atoms with Crippen LogP contribution in [0.4, 0.5) is 5.69 Å². The number of fused-ring (bicyclic) bond motifs is 1. The van der Waals surface area contributed by atoms with Crippen molar-refractivity contribution < 1.29 is 14.3 Å². The van der Waals surface area contributed by atoms with E-state index in [4.69, 9.17) is 9.47 Å². The highest BCUT2D eigenvalue weighted by Crippen LogP contribution is 2.36. The highest BCUT2D eigenvalue weighted by Gasteiger charge is 2.38. The van der Waals surface area contributed by atoms with Gasteiger partial charge in [0.05, 0.1) is 0 Å². The summed E-state index contributed by atoms with van der Waals surface area (Å²) in [6.07, 6.45) is 0. The second kappa shape index (κ2) is 4.33. The SMILES string of the molecule is CC1(C)C(=O)NCCN1c1ccc2c(c1)OCCO2. The number of nitrogens with one attached hydrogen (secondary N) is 1. The molecule has 0 radical (unpaired) electrons. The van der Waals surface area contributed by atoms with Gasteiger partial charge in [0.2, 0.25) is 5.91 Å². The molecule has 3 rings (SSSR count). The van der Waals surface area contributed by atoms with Crippen molar-refractivity contribution in [2.45, 2.75) is 19.4 Å².